The normalized spacial score (nSPS) is 10.7. The van der Waals surface area contributed by atoms with Crippen LogP contribution in [0.1, 0.15) is 67.1 Å². The fourth-order valence-electron chi connectivity index (χ4n) is 3.21. The maximum Gasteiger partial charge on any atom is 0.263 e. The maximum absolute atomic E-state index is 13.1. The molecule has 1 amide bonds. The summed E-state index contributed by atoms with van der Waals surface area (Å²) < 4.78 is 11.2. The highest BCUT2D eigenvalue weighted by molar-refractivity contribution is 6.06. The van der Waals surface area contributed by atoms with Crippen molar-refractivity contribution in [2.75, 3.05) is 11.9 Å². The van der Waals surface area contributed by atoms with E-state index in [0.717, 1.165) is 36.1 Å². The van der Waals surface area contributed by atoms with Crippen molar-refractivity contribution in [1.82, 2.24) is 0 Å². The van der Waals surface area contributed by atoms with Crippen LogP contribution in [-0.4, -0.2) is 12.5 Å². The number of carbonyl (C=O) groups is 1. The third kappa shape index (κ3) is 4.41. The van der Waals surface area contributed by atoms with Gasteiger partial charge in [-0.15, -0.1) is 0 Å². The first-order valence-corrected chi connectivity index (χ1v) is 9.69. The van der Waals surface area contributed by atoms with Crippen LogP contribution < -0.4 is 15.5 Å². The lowest BCUT2D eigenvalue weighted by molar-refractivity contribution is 0.102. The zero-order chi connectivity index (χ0) is 20.0. The Morgan fingerprint density at radius 3 is 2.26 bits per heavy atom. The highest BCUT2D eigenvalue weighted by Crippen LogP contribution is 2.25. The number of aryl methyl sites for hydroxylation is 4. The predicted octanol–water partition coefficient (Wildman–Crippen LogP) is 4.68. The number of carbonyl (C=O) groups excluding carboxylic acids is 1. The standard InChI is InChI=1S/C22H29NO4/c1-6-11-17-18(20(24)21(26-9-4)14(5)27-17)22(25)23-19-15(7-2)12-10-13-16(19)8-3/h10,12-13H,6-9,11H2,1-5H3,(H,23,25). The first-order chi connectivity index (χ1) is 13.0. The molecule has 27 heavy (non-hydrogen) atoms. The Bertz CT molecular complexity index is 845. The first-order valence-electron chi connectivity index (χ1n) is 9.69. The van der Waals surface area contributed by atoms with E-state index in [1.807, 2.05) is 39.0 Å². The molecule has 0 saturated heterocycles. The Balaban J connectivity index is 2.56. The van der Waals surface area contributed by atoms with Gasteiger partial charge in [-0.1, -0.05) is 39.0 Å². The van der Waals surface area contributed by atoms with Gasteiger partial charge in [0.2, 0.25) is 11.2 Å². The Hall–Kier alpha value is -2.56. The molecule has 0 atom stereocenters. The number of benzene rings is 1. The SMILES string of the molecule is CCCc1oc(C)c(OCC)c(=O)c1C(=O)Nc1c(CC)cccc1CC. The summed E-state index contributed by atoms with van der Waals surface area (Å²) in [6.07, 6.45) is 2.86. The minimum Gasteiger partial charge on any atom is -0.487 e. The molecule has 1 aromatic heterocycles. The summed E-state index contributed by atoms with van der Waals surface area (Å²) in [5, 5.41) is 2.97. The summed E-state index contributed by atoms with van der Waals surface area (Å²) >= 11 is 0. The number of anilines is 1. The van der Waals surface area contributed by atoms with Crippen LogP contribution in [0.25, 0.3) is 0 Å². The van der Waals surface area contributed by atoms with E-state index >= 15 is 0 Å². The second kappa shape index (κ2) is 9.40. The van der Waals surface area contributed by atoms with Crippen LogP contribution in [0.15, 0.2) is 27.4 Å². The number of rotatable bonds is 8. The van der Waals surface area contributed by atoms with Crippen molar-refractivity contribution in [3.8, 4) is 5.75 Å². The zero-order valence-electron chi connectivity index (χ0n) is 16.9. The molecular weight excluding hydrogens is 342 g/mol. The molecule has 0 saturated carbocycles. The van der Waals surface area contributed by atoms with Crippen molar-refractivity contribution in [2.45, 2.75) is 60.3 Å². The number of hydrogen-bond donors (Lipinski definition) is 1. The summed E-state index contributed by atoms with van der Waals surface area (Å²) in [6.45, 7) is 9.88. The lowest BCUT2D eigenvalue weighted by Gasteiger charge is -2.16. The highest BCUT2D eigenvalue weighted by Gasteiger charge is 2.24. The topological polar surface area (TPSA) is 68.5 Å². The van der Waals surface area contributed by atoms with Crippen LogP contribution in [0.4, 0.5) is 5.69 Å². The van der Waals surface area contributed by atoms with Crippen LogP contribution >= 0.6 is 0 Å². The van der Waals surface area contributed by atoms with Gasteiger partial charge in [-0.05, 0) is 44.2 Å². The van der Waals surface area contributed by atoms with Gasteiger partial charge in [0.1, 0.15) is 17.1 Å². The average Bonchev–Trinajstić information content (AvgIpc) is 2.65. The van der Waals surface area contributed by atoms with Crippen molar-refractivity contribution < 1.29 is 13.9 Å². The summed E-state index contributed by atoms with van der Waals surface area (Å²) in [5.74, 6) is 0.490. The molecule has 2 rings (SSSR count). The second-order valence-electron chi connectivity index (χ2n) is 6.41. The van der Waals surface area contributed by atoms with Crippen LogP contribution in [-0.2, 0) is 19.3 Å². The van der Waals surface area contributed by atoms with Gasteiger partial charge in [0, 0.05) is 12.1 Å². The van der Waals surface area contributed by atoms with Crippen molar-refractivity contribution in [3.63, 3.8) is 0 Å². The maximum atomic E-state index is 13.1. The van der Waals surface area contributed by atoms with E-state index in [0.29, 0.717) is 24.5 Å². The van der Waals surface area contributed by atoms with Crippen LogP contribution in [0, 0.1) is 6.92 Å². The molecule has 0 aliphatic heterocycles. The molecule has 5 nitrogen and oxygen atoms in total. The molecule has 0 unspecified atom stereocenters. The molecule has 0 aliphatic carbocycles. The molecule has 1 aromatic carbocycles. The molecule has 0 fully saturated rings. The van der Waals surface area contributed by atoms with Crippen molar-refractivity contribution >= 4 is 11.6 Å². The molecule has 0 radical (unpaired) electrons. The van der Waals surface area contributed by atoms with Crippen molar-refractivity contribution in [2.24, 2.45) is 0 Å². The Labute approximate surface area is 160 Å². The average molecular weight is 371 g/mol. The summed E-state index contributed by atoms with van der Waals surface area (Å²) in [4.78, 5) is 26.1. The van der Waals surface area contributed by atoms with E-state index in [1.165, 1.54) is 0 Å². The van der Waals surface area contributed by atoms with Gasteiger partial charge >= 0.3 is 0 Å². The summed E-state index contributed by atoms with van der Waals surface area (Å²) in [5.41, 5.74) is 2.50. The minimum atomic E-state index is -0.441. The number of hydrogen-bond acceptors (Lipinski definition) is 4. The highest BCUT2D eigenvalue weighted by atomic mass is 16.5. The molecule has 1 N–H and O–H groups in total. The molecule has 146 valence electrons. The quantitative estimate of drug-likeness (QED) is 0.732. The van der Waals surface area contributed by atoms with Gasteiger partial charge in [-0.2, -0.15) is 0 Å². The lowest BCUT2D eigenvalue weighted by Crippen LogP contribution is -2.26. The summed E-state index contributed by atoms with van der Waals surface area (Å²) in [6, 6.07) is 5.97. The second-order valence-corrected chi connectivity index (χ2v) is 6.41. The smallest absolute Gasteiger partial charge is 0.263 e. The van der Waals surface area contributed by atoms with Gasteiger partial charge in [-0.25, -0.2) is 0 Å². The van der Waals surface area contributed by atoms with E-state index in [1.54, 1.807) is 13.8 Å². The summed E-state index contributed by atoms with van der Waals surface area (Å²) in [7, 11) is 0. The third-order valence-corrected chi connectivity index (χ3v) is 4.54. The molecule has 0 aliphatic rings. The van der Waals surface area contributed by atoms with Crippen LogP contribution in [0.5, 0.6) is 5.75 Å². The largest absolute Gasteiger partial charge is 0.487 e. The van der Waals surface area contributed by atoms with Crippen molar-refractivity contribution in [1.29, 1.82) is 0 Å². The Kier molecular flexibility index (Phi) is 7.22. The fourth-order valence-corrected chi connectivity index (χ4v) is 3.21. The molecule has 5 heteroatoms. The van der Waals surface area contributed by atoms with E-state index in [2.05, 4.69) is 5.32 Å². The number of para-hydroxylation sites is 1. The number of amides is 1. The molecule has 0 spiro atoms. The minimum absolute atomic E-state index is 0.0406. The zero-order valence-corrected chi connectivity index (χ0v) is 16.9. The Morgan fingerprint density at radius 2 is 1.74 bits per heavy atom. The van der Waals surface area contributed by atoms with Gasteiger partial charge in [0.05, 0.1) is 6.61 Å². The third-order valence-electron chi connectivity index (χ3n) is 4.54. The number of nitrogens with one attached hydrogen (secondary N) is 1. The van der Waals surface area contributed by atoms with E-state index in [-0.39, 0.29) is 11.3 Å². The molecule has 2 aromatic rings. The van der Waals surface area contributed by atoms with E-state index in [4.69, 9.17) is 9.15 Å². The molecule has 1 heterocycles. The van der Waals surface area contributed by atoms with Gasteiger partial charge < -0.3 is 14.5 Å². The predicted molar refractivity (Wildman–Crippen MR) is 108 cm³/mol. The lowest BCUT2D eigenvalue weighted by atomic mass is 10.0. The monoisotopic (exact) mass is 371 g/mol. The van der Waals surface area contributed by atoms with E-state index < -0.39 is 11.3 Å². The molecular formula is C22H29NO4. The molecule has 0 bridgehead atoms. The van der Waals surface area contributed by atoms with Gasteiger partial charge in [-0.3, -0.25) is 9.59 Å². The van der Waals surface area contributed by atoms with Crippen molar-refractivity contribution in [3.05, 3.63) is 56.6 Å². The van der Waals surface area contributed by atoms with Crippen LogP contribution in [0.3, 0.4) is 0 Å². The fraction of sp³-hybridized carbons (Fsp3) is 0.455. The first kappa shape index (κ1) is 20.7. The Morgan fingerprint density at radius 1 is 1.11 bits per heavy atom. The van der Waals surface area contributed by atoms with Gasteiger partial charge in [0.15, 0.2) is 0 Å². The number of ether oxygens (including phenoxy) is 1. The van der Waals surface area contributed by atoms with Crippen LogP contribution in [0.2, 0.25) is 0 Å². The van der Waals surface area contributed by atoms with E-state index in [9.17, 15) is 9.59 Å². The van der Waals surface area contributed by atoms with Gasteiger partial charge in [0.25, 0.3) is 5.91 Å².